The minimum Gasteiger partial charge on any atom is -0.281 e. The third-order valence-corrected chi connectivity index (χ3v) is 5.15. The summed E-state index contributed by atoms with van der Waals surface area (Å²) in [7, 11) is -1.84. The number of sulfonamides is 1. The molecular formula is C10H18BrN3O2S. The second-order valence-electron chi connectivity index (χ2n) is 4.16. The van der Waals surface area contributed by atoms with Gasteiger partial charge in [-0.3, -0.25) is 5.10 Å². The van der Waals surface area contributed by atoms with E-state index < -0.39 is 10.0 Å². The number of H-pyrrole nitrogens is 1. The van der Waals surface area contributed by atoms with E-state index in [-0.39, 0.29) is 0 Å². The van der Waals surface area contributed by atoms with Crippen LogP contribution in [-0.2, 0) is 10.0 Å². The Bertz CT molecular complexity index is 462. The molecule has 1 unspecified atom stereocenters. The molecule has 0 saturated heterocycles. The van der Waals surface area contributed by atoms with Gasteiger partial charge in [0.1, 0.15) is 4.90 Å². The van der Waals surface area contributed by atoms with Crippen LogP contribution < -0.4 is 0 Å². The van der Waals surface area contributed by atoms with E-state index in [9.17, 15) is 8.42 Å². The first-order chi connectivity index (χ1) is 7.76. The number of aromatic amines is 1. The molecule has 1 N–H and O–H groups in total. The first-order valence-electron chi connectivity index (χ1n) is 5.38. The van der Waals surface area contributed by atoms with E-state index in [0.29, 0.717) is 27.7 Å². The molecule has 98 valence electrons. The Labute approximate surface area is 111 Å². The molecule has 1 heterocycles. The van der Waals surface area contributed by atoms with E-state index in [1.165, 1.54) is 4.31 Å². The molecule has 0 aromatic carbocycles. The van der Waals surface area contributed by atoms with E-state index in [0.717, 1.165) is 6.42 Å². The summed E-state index contributed by atoms with van der Waals surface area (Å²) in [6, 6.07) is 0. The number of aromatic nitrogens is 2. The lowest BCUT2D eigenvalue weighted by Crippen LogP contribution is -2.29. The maximum Gasteiger partial charge on any atom is 0.246 e. The second kappa shape index (κ2) is 5.49. The lowest BCUT2D eigenvalue weighted by atomic mass is 10.3. The number of aryl methyl sites for hydroxylation is 2. The van der Waals surface area contributed by atoms with Crippen LogP contribution >= 0.6 is 15.9 Å². The number of alkyl halides is 1. The highest BCUT2D eigenvalue weighted by atomic mass is 79.9. The number of nitrogens with zero attached hydrogens (tertiary/aromatic N) is 2. The first kappa shape index (κ1) is 14.7. The summed E-state index contributed by atoms with van der Waals surface area (Å²) in [4.78, 5) is 0.592. The Kier molecular flexibility index (Phi) is 4.74. The minimum atomic E-state index is -3.43. The minimum absolute atomic E-state index is 0.294. The topological polar surface area (TPSA) is 66.1 Å². The van der Waals surface area contributed by atoms with Crippen LogP contribution in [0.15, 0.2) is 4.90 Å². The quantitative estimate of drug-likeness (QED) is 0.840. The fourth-order valence-electron chi connectivity index (χ4n) is 1.56. The van der Waals surface area contributed by atoms with Gasteiger partial charge in [0.25, 0.3) is 0 Å². The number of halogens is 1. The fourth-order valence-corrected chi connectivity index (χ4v) is 3.27. The van der Waals surface area contributed by atoms with Gasteiger partial charge in [-0.15, -0.1) is 0 Å². The molecule has 7 heteroatoms. The van der Waals surface area contributed by atoms with Crippen molar-refractivity contribution in [1.29, 1.82) is 0 Å². The zero-order chi connectivity index (χ0) is 13.2. The molecule has 0 bridgehead atoms. The number of rotatable bonds is 5. The normalized spacial score (nSPS) is 14.2. The van der Waals surface area contributed by atoms with Crippen molar-refractivity contribution >= 4 is 26.0 Å². The Morgan fingerprint density at radius 1 is 1.47 bits per heavy atom. The summed E-state index contributed by atoms with van der Waals surface area (Å²) in [5.74, 6) is 0. The number of nitrogens with one attached hydrogen (secondary N) is 1. The van der Waals surface area contributed by atoms with E-state index >= 15 is 0 Å². The molecule has 0 amide bonds. The fraction of sp³-hybridized carbons (Fsp3) is 0.700. The number of hydrogen-bond donors (Lipinski definition) is 1. The third kappa shape index (κ3) is 3.29. The molecule has 0 aliphatic rings. The molecule has 0 fully saturated rings. The predicted molar refractivity (Wildman–Crippen MR) is 70.9 cm³/mol. The highest BCUT2D eigenvalue weighted by molar-refractivity contribution is 9.09. The SMILES string of the molecule is Cc1n[nH]c(C)c1S(=O)(=O)N(C)CCC(C)Br. The summed E-state index contributed by atoms with van der Waals surface area (Å²) in [5, 5.41) is 6.62. The summed E-state index contributed by atoms with van der Waals surface area (Å²) in [5.41, 5.74) is 1.10. The Morgan fingerprint density at radius 3 is 2.47 bits per heavy atom. The maximum absolute atomic E-state index is 12.3. The van der Waals surface area contributed by atoms with Crippen molar-refractivity contribution in [2.45, 2.75) is 36.9 Å². The molecule has 17 heavy (non-hydrogen) atoms. The molecule has 0 radical (unpaired) electrons. The van der Waals surface area contributed by atoms with E-state index in [4.69, 9.17) is 0 Å². The van der Waals surface area contributed by atoms with E-state index in [2.05, 4.69) is 26.1 Å². The second-order valence-corrected chi connectivity index (χ2v) is 7.70. The maximum atomic E-state index is 12.3. The van der Waals surface area contributed by atoms with Gasteiger partial charge in [0.2, 0.25) is 10.0 Å². The monoisotopic (exact) mass is 323 g/mol. The van der Waals surface area contributed by atoms with Crippen molar-refractivity contribution in [3.05, 3.63) is 11.4 Å². The predicted octanol–water partition coefficient (Wildman–Crippen LogP) is 1.82. The van der Waals surface area contributed by atoms with Crippen LogP contribution in [0.5, 0.6) is 0 Å². The van der Waals surface area contributed by atoms with Gasteiger partial charge in [-0.1, -0.05) is 22.9 Å². The van der Waals surface area contributed by atoms with Gasteiger partial charge in [-0.05, 0) is 20.3 Å². The first-order valence-corrected chi connectivity index (χ1v) is 7.74. The highest BCUT2D eigenvalue weighted by Gasteiger charge is 2.26. The van der Waals surface area contributed by atoms with Crippen LogP contribution in [0, 0.1) is 13.8 Å². The van der Waals surface area contributed by atoms with Crippen LogP contribution in [0.2, 0.25) is 0 Å². The Morgan fingerprint density at radius 2 is 2.06 bits per heavy atom. The van der Waals surface area contributed by atoms with Crippen molar-refractivity contribution in [3.63, 3.8) is 0 Å². The molecule has 1 aromatic rings. The molecular weight excluding hydrogens is 306 g/mol. The standard InChI is InChI=1S/C10H18BrN3O2S/c1-7(11)5-6-14(4)17(15,16)10-8(2)12-13-9(10)3/h7H,5-6H2,1-4H3,(H,12,13). The van der Waals surface area contributed by atoms with Crippen molar-refractivity contribution in [1.82, 2.24) is 14.5 Å². The van der Waals surface area contributed by atoms with Crippen molar-refractivity contribution in [3.8, 4) is 0 Å². The average Bonchev–Trinajstić information content (AvgIpc) is 2.55. The molecule has 0 aliphatic heterocycles. The summed E-state index contributed by atoms with van der Waals surface area (Å²) >= 11 is 3.41. The number of hydrogen-bond acceptors (Lipinski definition) is 3. The van der Waals surface area contributed by atoms with Gasteiger partial charge in [-0.2, -0.15) is 5.10 Å². The van der Waals surface area contributed by atoms with Gasteiger partial charge >= 0.3 is 0 Å². The lowest BCUT2D eigenvalue weighted by Gasteiger charge is -2.17. The average molecular weight is 324 g/mol. The molecule has 0 aliphatic carbocycles. The summed E-state index contributed by atoms with van der Waals surface area (Å²) in [6.07, 6.45) is 0.770. The van der Waals surface area contributed by atoms with Gasteiger partial charge in [-0.25, -0.2) is 12.7 Å². The zero-order valence-corrected chi connectivity index (χ0v) is 12.9. The summed E-state index contributed by atoms with van der Waals surface area (Å²) < 4.78 is 26.0. The lowest BCUT2D eigenvalue weighted by molar-refractivity contribution is 0.461. The Hall–Kier alpha value is -0.400. The third-order valence-electron chi connectivity index (χ3n) is 2.57. The molecule has 1 atom stereocenters. The largest absolute Gasteiger partial charge is 0.281 e. The van der Waals surface area contributed by atoms with Gasteiger partial charge in [0.05, 0.1) is 11.4 Å². The van der Waals surface area contributed by atoms with Crippen molar-refractivity contribution < 1.29 is 8.42 Å². The van der Waals surface area contributed by atoms with Gasteiger partial charge < -0.3 is 0 Å². The highest BCUT2D eigenvalue weighted by Crippen LogP contribution is 2.21. The van der Waals surface area contributed by atoms with Crippen LogP contribution in [0.1, 0.15) is 24.7 Å². The molecule has 0 saturated carbocycles. The molecule has 5 nitrogen and oxygen atoms in total. The Balaban J connectivity index is 2.96. The van der Waals surface area contributed by atoms with Crippen LogP contribution in [0.4, 0.5) is 0 Å². The van der Waals surface area contributed by atoms with Gasteiger partial charge in [0, 0.05) is 18.4 Å². The smallest absolute Gasteiger partial charge is 0.246 e. The van der Waals surface area contributed by atoms with Crippen molar-refractivity contribution in [2.75, 3.05) is 13.6 Å². The van der Waals surface area contributed by atoms with Gasteiger partial charge in [0.15, 0.2) is 0 Å². The molecule has 1 aromatic heterocycles. The van der Waals surface area contributed by atoms with Crippen LogP contribution in [0.3, 0.4) is 0 Å². The molecule has 1 rings (SSSR count). The van der Waals surface area contributed by atoms with E-state index in [1.807, 2.05) is 6.92 Å². The van der Waals surface area contributed by atoms with Crippen molar-refractivity contribution in [2.24, 2.45) is 0 Å². The zero-order valence-electron chi connectivity index (χ0n) is 10.5. The van der Waals surface area contributed by atoms with Crippen LogP contribution in [0.25, 0.3) is 0 Å². The molecule has 0 spiro atoms. The van der Waals surface area contributed by atoms with Crippen LogP contribution in [-0.4, -0.2) is 41.3 Å². The summed E-state index contributed by atoms with van der Waals surface area (Å²) in [6.45, 7) is 5.89. The van der Waals surface area contributed by atoms with E-state index in [1.54, 1.807) is 20.9 Å².